The number of nitrogens with zero attached hydrogens (tertiary/aromatic N) is 3. The number of nitrogens with one attached hydrogen (secondary N) is 1. The number of aryl methyl sites for hydroxylation is 1. The number of piperazine rings is 1. The summed E-state index contributed by atoms with van der Waals surface area (Å²) in [5.41, 5.74) is 5.80. The highest BCUT2D eigenvalue weighted by Crippen LogP contribution is 2.47. The van der Waals surface area contributed by atoms with Gasteiger partial charge in [-0.25, -0.2) is 4.79 Å². The molecule has 0 radical (unpaired) electrons. The second-order valence-electron chi connectivity index (χ2n) is 13.8. The molecule has 2 fully saturated rings. The molecule has 2 N–H and O–H groups in total. The summed E-state index contributed by atoms with van der Waals surface area (Å²) in [7, 11) is 0. The quantitative estimate of drug-likeness (QED) is 0.172. The van der Waals surface area contributed by atoms with Crippen LogP contribution in [0, 0.1) is 0 Å². The average molecular weight is 703 g/mol. The summed E-state index contributed by atoms with van der Waals surface area (Å²) in [6, 6.07) is 31.7. The third-order valence-electron chi connectivity index (χ3n) is 10.5. The molecular formula is C42H46N4O6. The fraction of sp³-hybridized carbons (Fsp3) is 0.357. The lowest BCUT2D eigenvalue weighted by molar-refractivity contribution is -0.135. The third-order valence-corrected chi connectivity index (χ3v) is 10.5. The van der Waals surface area contributed by atoms with Crippen molar-refractivity contribution in [2.45, 2.75) is 43.9 Å². The number of urea groups is 1. The second kappa shape index (κ2) is 16.3. The van der Waals surface area contributed by atoms with Crippen LogP contribution in [0.5, 0.6) is 17.2 Å². The Morgan fingerprint density at radius 3 is 2.25 bits per heavy atom. The summed E-state index contributed by atoms with van der Waals surface area (Å²) < 4.78 is 11.9. The molecule has 1 aliphatic carbocycles. The van der Waals surface area contributed by atoms with Crippen LogP contribution in [0.2, 0.25) is 0 Å². The van der Waals surface area contributed by atoms with Gasteiger partial charge in [-0.2, -0.15) is 0 Å². The Hall–Kier alpha value is -5.35. The van der Waals surface area contributed by atoms with Crippen LogP contribution in [0.25, 0.3) is 0 Å². The van der Waals surface area contributed by atoms with Gasteiger partial charge in [0.1, 0.15) is 17.2 Å². The number of ether oxygens (including phenoxy) is 2. The number of phenolic OH excluding ortho intramolecular Hbond substituents is 1. The lowest BCUT2D eigenvalue weighted by atomic mass is 9.69. The molecule has 4 amide bonds. The van der Waals surface area contributed by atoms with Gasteiger partial charge in [-0.1, -0.05) is 48.5 Å². The molecule has 0 spiro atoms. The lowest BCUT2D eigenvalue weighted by Gasteiger charge is -2.35. The van der Waals surface area contributed by atoms with E-state index >= 15 is 0 Å². The van der Waals surface area contributed by atoms with Gasteiger partial charge < -0.3 is 19.5 Å². The summed E-state index contributed by atoms with van der Waals surface area (Å²) in [6.45, 7) is 4.91. The summed E-state index contributed by atoms with van der Waals surface area (Å²) in [5.74, 6) is 2.03. The molecule has 10 heteroatoms. The van der Waals surface area contributed by atoms with E-state index in [1.54, 1.807) is 24.3 Å². The minimum atomic E-state index is -0.433. The summed E-state index contributed by atoms with van der Waals surface area (Å²) in [5, 5.41) is 12.4. The molecule has 0 saturated carbocycles. The van der Waals surface area contributed by atoms with E-state index in [0.29, 0.717) is 49.3 Å². The van der Waals surface area contributed by atoms with E-state index in [1.165, 1.54) is 27.2 Å². The number of anilines is 1. The number of fused-ring (bicyclic) bond motifs is 1. The Labute approximate surface area is 304 Å². The number of carbonyl (C=O) groups excluding carboxylic acids is 3. The highest BCUT2D eigenvalue weighted by Gasteiger charge is 2.32. The first-order chi connectivity index (χ1) is 25.4. The Morgan fingerprint density at radius 1 is 0.769 bits per heavy atom. The van der Waals surface area contributed by atoms with Crippen LogP contribution in [0.3, 0.4) is 0 Å². The zero-order chi connectivity index (χ0) is 35.9. The van der Waals surface area contributed by atoms with Crippen molar-refractivity contribution >= 4 is 23.5 Å². The fourth-order valence-electron chi connectivity index (χ4n) is 7.67. The second-order valence-corrected chi connectivity index (χ2v) is 13.8. The van der Waals surface area contributed by atoms with E-state index in [0.717, 1.165) is 51.1 Å². The van der Waals surface area contributed by atoms with Gasteiger partial charge in [0.05, 0.1) is 6.61 Å². The van der Waals surface area contributed by atoms with Crippen LogP contribution in [0.1, 0.15) is 59.8 Å². The topological polar surface area (TPSA) is 112 Å². The van der Waals surface area contributed by atoms with Gasteiger partial charge in [0.15, 0.2) is 6.61 Å². The minimum absolute atomic E-state index is 0.0392. The SMILES string of the molecule is O=C1CCN(c2ccc(OCC(=O)N3CCN(CCCCOc4ccc([C@@H]5c6ccc(O)cc6CC[C@@H]5c5ccccc5)cc4)CC3)cc2)C(=O)N1. The first kappa shape index (κ1) is 35.1. The molecular weight excluding hydrogens is 656 g/mol. The van der Waals surface area contributed by atoms with Crippen LogP contribution in [0.15, 0.2) is 97.1 Å². The number of imide groups is 1. The van der Waals surface area contributed by atoms with Crippen molar-refractivity contribution in [3.63, 3.8) is 0 Å². The van der Waals surface area contributed by atoms with Crippen LogP contribution in [-0.4, -0.2) is 85.2 Å². The van der Waals surface area contributed by atoms with Crippen molar-refractivity contribution in [3.8, 4) is 17.2 Å². The Bertz CT molecular complexity index is 1840. The molecule has 0 aromatic heterocycles. The zero-order valence-electron chi connectivity index (χ0n) is 29.4. The number of unbranched alkanes of at least 4 members (excludes halogenated alkanes) is 1. The van der Waals surface area contributed by atoms with Gasteiger partial charge in [-0.3, -0.25) is 24.7 Å². The summed E-state index contributed by atoms with van der Waals surface area (Å²) in [4.78, 5) is 42.0. The van der Waals surface area contributed by atoms with Crippen molar-refractivity contribution in [2.75, 3.05) is 57.4 Å². The van der Waals surface area contributed by atoms with Crippen LogP contribution >= 0.6 is 0 Å². The average Bonchev–Trinajstić information content (AvgIpc) is 3.17. The Morgan fingerprint density at radius 2 is 1.50 bits per heavy atom. The first-order valence-electron chi connectivity index (χ1n) is 18.3. The van der Waals surface area contributed by atoms with Crippen molar-refractivity contribution in [3.05, 3.63) is 119 Å². The van der Waals surface area contributed by atoms with E-state index in [-0.39, 0.29) is 30.8 Å². The molecule has 4 aromatic rings. The number of hydrogen-bond acceptors (Lipinski definition) is 7. The molecule has 2 saturated heterocycles. The summed E-state index contributed by atoms with van der Waals surface area (Å²) in [6.07, 6.45) is 4.22. The number of aromatic hydroxyl groups is 1. The number of amides is 4. The maximum atomic E-state index is 12.8. The third kappa shape index (κ3) is 8.40. The van der Waals surface area contributed by atoms with Crippen LogP contribution in [0.4, 0.5) is 10.5 Å². The van der Waals surface area contributed by atoms with Crippen LogP contribution in [-0.2, 0) is 16.0 Å². The maximum Gasteiger partial charge on any atom is 0.328 e. The van der Waals surface area contributed by atoms with Gasteiger partial charge in [0.2, 0.25) is 5.91 Å². The zero-order valence-corrected chi connectivity index (χ0v) is 29.4. The molecule has 2 atom stereocenters. The predicted octanol–water partition coefficient (Wildman–Crippen LogP) is 6.08. The maximum absolute atomic E-state index is 12.8. The Balaban J connectivity index is 0.816. The molecule has 3 aliphatic rings. The van der Waals surface area contributed by atoms with Crippen LogP contribution < -0.4 is 19.7 Å². The molecule has 4 aromatic carbocycles. The molecule has 270 valence electrons. The molecule has 7 rings (SSSR count). The molecule has 2 heterocycles. The molecule has 2 aliphatic heterocycles. The van der Waals surface area contributed by atoms with Crippen molar-refractivity contribution in [2.24, 2.45) is 0 Å². The van der Waals surface area contributed by atoms with E-state index < -0.39 is 6.03 Å². The monoisotopic (exact) mass is 702 g/mol. The van der Waals surface area contributed by atoms with Gasteiger partial charge in [0, 0.05) is 50.7 Å². The largest absolute Gasteiger partial charge is 0.508 e. The smallest absolute Gasteiger partial charge is 0.328 e. The Kier molecular flexibility index (Phi) is 11.0. The van der Waals surface area contributed by atoms with E-state index in [2.05, 4.69) is 70.9 Å². The van der Waals surface area contributed by atoms with Crippen molar-refractivity contribution in [1.82, 2.24) is 15.1 Å². The molecule has 10 nitrogen and oxygen atoms in total. The standard InChI is InChI=1S/C42H46N4O6/c47-34-13-19-38-32(28-34)10-18-37(30-6-2-1-3-7-30)41(38)31-8-14-35(15-9-31)51-27-5-4-21-44-23-25-45(26-24-44)40(49)29-52-36-16-11-33(12-17-36)46-22-20-39(48)43-42(46)50/h1-3,6-9,11-17,19,28,37,41,47H,4-5,10,18,20-27,29H2,(H,43,48,50)/t37-,41+/m1/s1. The predicted molar refractivity (Wildman–Crippen MR) is 199 cm³/mol. The van der Waals surface area contributed by atoms with Gasteiger partial charge in [-0.15, -0.1) is 0 Å². The molecule has 0 bridgehead atoms. The van der Waals surface area contributed by atoms with Gasteiger partial charge in [-0.05, 0) is 109 Å². The fourth-order valence-corrected chi connectivity index (χ4v) is 7.67. The van der Waals surface area contributed by atoms with Gasteiger partial charge >= 0.3 is 6.03 Å². The highest BCUT2D eigenvalue weighted by atomic mass is 16.5. The van der Waals surface area contributed by atoms with Gasteiger partial charge in [0.25, 0.3) is 5.91 Å². The summed E-state index contributed by atoms with van der Waals surface area (Å²) >= 11 is 0. The van der Waals surface area contributed by atoms with Crippen molar-refractivity contribution < 1.29 is 29.0 Å². The van der Waals surface area contributed by atoms with E-state index in [9.17, 15) is 19.5 Å². The minimum Gasteiger partial charge on any atom is -0.508 e. The highest BCUT2D eigenvalue weighted by molar-refractivity contribution is 6.05. The van der Waals surface area contributed by atoms with E-state index in [1.807, 2.05) is 17.0 Å². The van der Waals surface area contributed by atoms with Crippen molar-refractivity contribution in [1.29, 1.82) is 0 Å². The lowest BCUT2D eigenvalue weighted by Crippen LogP contribution is -2.50. The molecule has 52 heavy (non-hydrogen) atoms. The molecule has 0 unspecified atom stereocenters. The number of carbonyl (C=O) groups is 3. The number of rotatable bonds is 12. The van der Waals surface area contributed by atoms with E-state index in [4.69, 9.17) is 9.47 Å². The number of hydrogen-bond donors (Lipinski definition) is 2. The normalized spacial score (nSPS) is 19.2. The first-order valence-corrected chi connectivity index (χ1v) is 18.3. The number of benzene rings is 4. The number of phenols is 1.